The third-order valence-electron chi connectivity index (χ3n) is 5.40. The van der Waals surface area contributed by atoms with Gasteiger partial charge in [0, 0.05) is 19.0 Å². The summed E-state index contributed by atoms with van der Waals surface area (Å²) in [6.45, 7) is 4.24. The molecule has 0 bridgehead atoms. The predicted molar refractivity (Wildman–Crippen MR) is 122 cm³/mol. The van der Waals surface area contributed by atoms with Crippen molar-refractivity contribution >= 4 is 40.7 Å². The molecule has 32 heavy (non-hydrogen) atoms. The highest BCUT2D eigenvalue weighted by atomic mass is 35.5. The zero-order valence-corrected chi connectivity index (χ0v) is 19.2. The minimum Gasteiger partial charge on any atom is -0.419 e. The number of benzene rings is 2. The van der Waals surface area contributed by atoms with E-state index in [2.05, 4.69) is 10.2 Å². The standard InChI is InChI=1S/C23H22Cl2N4O3/c1-14(2)28(13-20-26-27-22(32-20)16-7-3-4-8-17(16)24)23(31)15-11-21(30)29(12-15)19-10-6-5-9-18(19)25/h3-10,14-15H,11-13H2,1-2H3. The van der Waals surface area contributed by atoms with Gasteiger partial charge in [0.2, 0.25) is 23.6 Å². The van der Waals surface area contributed by atoms with Crippen molar-refractivity contribution in [2.45, 2.75) is 32.9 Å². The highest BCUT2D eigenvalue weighted by molar-refractivity contribution is 6.34. The Morgan fingerprint density at radius 2 is 1.81 bits per heavy atom. The van der Waals surface area contributed by atoms with E-state index in [9.17, 15) is 9.59 Å². The van der Waals surface area contributed by atoms with E-state index in [0.29, 0.717) is 33.1 Å². The van der Waals surface area contributed by atoms with E-state index < -0.39 is 5.92 Å². The average Bonchev–Trinajstić information content (AvgIpc) is 3.39. The lowest BCUT2D eigenvalue weighted by Crippen LogP contribution is -2.41. The van der Waals surface area contributed by atoms with Crippen LogP contribution in [-0.2, 0) is 16.1 Å². The van der Waals surface area contributed by atoms with Gasteiger partial charge in [0.05, 0.1) is 33.8 Å². The Hall–Kier alpha value is -2.90. The van der Waals surface area contributed by atoms with Gasteiger partial charge in [-0.2, -0.15) is 0 Å². The number of halogens is 2. The number of carbonyl (C=O) groups is 2. The molecule has 0 aliphatic carbocycles. The quantitative estimate of drug-likeness (QED) is 0.512. The molecule has 0 saturated carbocycles. The van der Waals surface area contributed by atoms with E-state index in [1.165, 1.54) is 0 Å². The molecule has 9 heteroatoms. The lowest BCUT2D eigenvalue weighted by Gasteiger charge is -2.28. The maximum Gasteiger partial charge on any atom is 0.249 e. The summed E-state index contributed by atoms with van der Waals surface area (Å²) in [4.78, 5) is 29.2. The molecule has 7 nitrogen and oxygen atoms in total. The van der Waals surface area contributed by atoms with Gasteiger partial charge in [-0.3, -0.25) is 9.59 Å². The molecule has 1 unspecified atom stereocenters. The Labute approximate surface area is 195 Å². The van der Waals surface area contributed by atoms with Crippen LogP contribution < -0.4 is 4.90 Å². The molecule has 4 rings (SSSR count). The molecular weight excluding hydrogens is 451 g/mol. The molecule has 2 aromatic carbocycles. The Kier molecular flexibility index (Phi) is 6.48. The summed E-state index contributed by atoms with van der Waals surface area (Å²) < 4.78 is 5.78. The maximum absolute atomic E-state index is 13.3. The van der Waals surface area contributed by atoms with E-state index >= 15 is 0 Å². The molecule has 3 aromatic rings. The van der Waals surface area contributed by atoms with Gasteiger partial charge in [-0.05, 0) is 38.1 Å². The van der Waals surface area contributed by atoms with Crippen molar-refractivity contribution in [1.29, 1.82) is 0 Å². The second-order valence-electron chi connectivity index (χ2n) is 7.90. The predicted octanol–water partition coefficient (Wildman–Crippen LogP) is 4.83. The second-order valence-corrected chi connectivity index (χ2v) is 8.71. The van der Waals surface area contributed by atoms with E-state index in [1.54, 1.807) is 40.1 Å². The van der Waals surface area contributed by atoms with Gasteiger partial charge < -0.3 is 14.2 Å². The number of aromatic nitrogens is 2. The Morgan fingerprint density at radius 1 is 1.12 bits per heavy atom. The number of amides is 2. The van der Waals surface area contributed by atoms with Crippen molar-refractivity contribution in [3.8, 4) is 11.5 Å². The molecule has 166 valence electrons. The fraction of sp³-hybridized carbons (Fsp3) is 0.304. The van der Waals surface area contributed by atoms with Gasteiger partial charge in [-0.25, -0.2) is 0 Å². The Morgan fingerprint density at radius 3 is 2.50 bits per heavy atom. The molecule has 1 aliphatic heterocycles. The monoisotopic (exact) mass is 472 g/mol. The first-order valence-electron chi connectivity index (χ1n) is 10.3. The van der Waals surface area contributed by atoms with Crippen molar-refractivity contribution in [2.75, 3.05) is 11.4 Å². The van der Waals surface area contributed by atoms with Crippen molar-refractivity contribution in [3.63, 3.8) is 0 Å². The van der Waals surface area contributed by atoms with Gasteiger partial charge >= 0.3 is 0 Å². The molecular formula is C23H22Cl2N4O3. The summed E-state index contributed by atoms with van der Waals surface area (Å²) in [5.74, 6) is -0.150. The van der Waals surface area contributed by atoms with Gasteiger partial charge in [0.15, 0.2) is 0 Å². The molecule has 1 saturated heterocycles. The SMILES string of the molecule is CC(C)N(Cc1nnc(-c2ccccc2Cl)o1)C(=O)C1CC(=O)N(c2ccccc2Cl)C1. The van der Waals surface area contributed by atoms with E-state index in [0.717, 1.165) is 0 Å². The smallest absolute Gasteiger partial charge is 0.249 e. The van der Waals surface area contributed by atoms with Gasteiger partial charge in [-0.1, -0.05) is 47.5 Å². The summed E-state index contributed by atoms with van der Waals surface area (Å²) >= 11 is 12.5. The number of rotatable bonds is 6. The summed E-state index contributed by atoms with van der Waals surface area (Å²) in [6, 6.07) is 14.2. The van der Waals surface area contributed by atoms with Crippen LogP contribution in [0.25, 0.3) is 11.5 Å². The van der Waals surface area contributed by atoms with Crippen molar-refractivity contribution in [2.24, 2.45) is 5.92 Å². The molecule has 0 N–H and O–H groups in total. The Bertz CT molecular complexity index is 1150. The van der Waals surface area contributed by atoms with Crippen LogP contribution >= 0.6 is 23.2 Å². The minimum absolute atomic E-state index is 0.123. The lowest BCUT2D eigenvalue weighted by molar-refractivity contribution is -0.138. The van der Waals surface area contributed by atoms with Gasteiger partial charge in [0.25, 0.3) is 0 Å². The van der Waals surface area contributed by atoms with Crippen LogP contribution in [0.15, 0.2) is 52.9 Å². The fourth-order valence-electron chi connectivity index (χ4n) is 3.73. The molecule has 1 aromatic heterocycles. The topological polar surface area (TPSA) is 79.5 Å². The number of hydrogen-bond donors (Lipinski definition) is 0. The number of hydrogen-bond acceptors (Lipinski definition) is 5. The number of anilines is 1. The van der Waals surface area contributed by atoms with Crippen LogP contribution in [0.4, 0.5) is 5.69 Å². The highest BCUT2D eigenvalue weighted by Crippen LogP contribution is 2.32. The molecule has 2 heterocycles. The zero-order valence-electron chi connectivity index (χ0n) is 17.7. The highest BCUT2D eigenvalue weighted by Gasteiger charge is 2.38. The average molecular weight is 473 g/mol. The third-order valence-corrected chi connectivity index (χ3v) is 6.05. The summed E-state index contributed by atoms with van der Waals surface area (Å²) in [7, 11) is 0. The first kappa shape index (κ1) is 22.3. The number of para-hydroxylation sites is 1. The normalized spacial score (nSPS) is 16.1. The van der Waals surface area contributed by atoms with Gasteiger partial charge in [-0.15, -0.1) is 10.2 Å². The van der Waals surface area contributed by atoms with Crippen LogP contribution in [0.3, 0.4) is 0 Å². The van der Waals surface area contributed by atoms with E-state index in [4.69, 9.17) is 27.6 Å². The van der Waals surface area contributed by atoms with E-state index in [-0.39, 0.29) is 37.4 Å². The number of nitrogens with zero attached hydrogens (tertiary/aromatic N) is 4. The minimum atomic E-state index is -0.480. The first-order chi connectivity index (χ1) is 15.3. The van der Waals surface area contributed by atoms with E-state index in [1.807, 2.05) is 32.0 Å². The molecule has 1 aliphatic rings. The van der Waals surface area contributed by atoms with Crippen LogP contribution in [-0.4, -0.2) is 39.5 Å². The summed E-state index contributed by atoms with van der Waals surface area (Å²) in [6.07, 6.45) is 0.127. The third kappa shape index (κ3) is 4.49. The van der Waals surface area contributed by atoms with Gasteiger partial charge in [0.1, 0.15) is 0 Å². The molecule has 0 spiro atoms. The summed E-state index contributed by atoms with van der Waals surface area (Å²) in [5.41, 5.74) is 1.25. The molecule has 0 radical (unpaired) electrons. The second kappa shape index (κ2) is 9.30. The molecule has 1 atom stereocenters. The van der Waals surface area contributed by atoms with Crippen LogP contribution in [0, 0.1) is 5.92 Å². The molecule has 2 amide bonds. The first-order valence-corrected chi connectivity index (χ1v) is 11.0. The maximum atomic E-state index is 13.3. The van der Waals surface area contributed by atoms with Crippen LogP contribution in [0.2, 0.25) is 10.0 Å². The zero-order chi connectivity index (χ0) is 22.8. The van der Waals surface area contributed by atoms with Crippen molar-refractivity contribution in [1.82, 2.24) is 15.1 Å². The fourth-order valence-corrected chi connectivity index (χ4v) is 4.19. The van der Waals surface area contributed by atoms with Crippen LogP contribution in [0.5, 0.6) is 0 Å². The largest absolute Gasteiger partial charge is 0.419 e. The lowest BCUT2D eigenvalue weighted by atomic mass is 10.1. The van der Waals surface area contributed by atoms with Crippen LogP contribution in [0.1, 0.15) is 26.2 Å². The van der Waals surface area contributed by atoms with Crippen molar-refractivity contribution < 1.29 is 14.0 Å². The summed E-state index contributed by atoms with van der Waals surface area (Å²) in [5, 5.41) is 9.15. The molecule has 1 fully saturated rings. The number of carbonyl (C=O) groups excluding carboxylic acids is 2. The Balaban J connectivity index is 1.50. The van der Waals surface area contributed by atoms with Crippen molar-refractivity contribution in [3.05, 3.63) is 64.5 Å².